The number of carboxylic acid groups (broad SMARTS) is 1. The molecular formula is C28H36N4O6S2. The molecule has 3 heterocycles. The van der Waals surface area contributed by atoms with Gasteiger partial charge in [0.2, 0.25) is 0 Å². The highest BCUT2D eigenvalue weighted by Crippen LogP contribution is 2.37. The Balaban J connectivity index is 1.97. The maximum atomic E-state index is 13.4. The lowest BCUT2D eigenvalue weighted by molar-refractivity contribution is -0.148. The first-order valence-electron chi connectivity index (χ1n) is 13.7. The van der Waals surface area contributed by atoms with Gasteiger partial charge in [0.15, 0.2) is 0 Å². The number of hydrogen-bond acceptors (Lipinski definition) is 9. The standard InChI is InChI=1S/C28H36N4O6S2/c1-4-12-31-24(30-14-10-19(11-15-30)27(37)38-5-2)20(18(3)21(17-29)25(31)35)16-22-26(36)32(28(39)40-22)13-8-6-7-9-23(33)34/h16,19H,4-15H2,1-3H3,(H,33,34). The van der Waals surface area contributed by atoms with Gasteiger partial charge in [-0.2, -0.15) is 5.26 Å². The van der Waals surface area contributed by atoms with Gasteiger partial charge in [-0.1, -0.05) is 37.3 Å². The number of anilines is 1. The fourth-order valence-corrected chi connectivity index (χ4v) is 6.34. The van der Waals surface area contributed by atoms with Gasteiger partial charge in [-0.15, -0.1) is 0 Å². The Labute approximate surface area is 244 Å². The number of nitriles is 1. The number of rotatable bonds is 12. The van der Waals surface area contributed by atoms with E-state index >= 15 is 0 Å². The highest BCUT2D eigenvalue weighted by Gasteiger charge is 2.34. The molecule has 1 aromatic heterocycles. The third-order valence-electron chi connectivity index (χ3n) is 7.13. The summed E-state index contributed by atoms with van der Waals surface area (Å²) in [6.07, 6.45) is 5.47. The second-order valence-corrected chi connectivity index (χ2v) is 11.5. The van der Waals surface area contributed by atoms with Crippen molar-refractivity contribution in [2.24, 2.45) is 5.92 Å². The normalized spacial score (nSPS) is 17.0. The molecule has 0 aromatic carbocycles. The van der Waals surface area contributed by atoms with Gasteiger partial charge >= 0.3 is 11.9 Å². The van der Waals surface area contributed by atoms with E-state index in [1.165, 1.54) is 16.7 Å². The Hall–Kier alpha value is -3.17. The lowest BCUT2D eigenvalue weighted by Gasteiger charge is -2.35. The first-order chi connectivity index (χ1) is 19.1. The molecule has 0 unspecified atom stereocenters. The summed E-state index contributed by atoms with van der Waals surface area (Å²) < 4.78 is 7.25. The minimum atomic E-state index is -0.842. The summed E-state index contributed by atoms with van der Waals surface area (Å²) in [6, 6.07) is 2.06. The SMILES string of the molecule is CCCn1c(N2CCC(C(=O)OCC)CC2)c(C=C2SC(=S)N(CCCCCC(=O)O)C2=O)c(C)c(C#N)c1=O. The number of esters is 1. The number of aromatic nitrogens is 1. The van der Waals surface area contributed by atoms with E-state index in [-0.39, 0.29) is 35.3 Å². The number of amides is 1. The molecule has 216 valence electrons. The number of thiocarbonyl (C=S) groups is 1. The van der Waals surface area contributed by atoms with Gasteiger partial charge in [-0.05, 0) is 57.6 Å². The Morgan fingerprint density at radius 2 is 1.88 bits per heavy atom. The molecule has 10 nitrogen and oxygen atoms in total. The number of unbranched alkanes of at least 4 members (excludes halogenated alkanes) is 2. The van der Waals surface area contributed by atoms with E-state index in [2.05, 4.69) is 11.0 Å². The molecule has 0 aliphatic carbocycles. The average molecular weight is 589 g/mol. The van der Waals surface area contributed by atoms with Crippen LogP contribution < -0.4 is 10.5 Å². The topological polar surface area (TPSA) is 133 Å². The smallest absolute Gasteiger partial charge is 0.309 e. The van der Waals surface area contributed by atoms with Gasteiger partial charge < -0.3 is 14.7 Å². The third-order valence-corrected chi connectivity index (χ3v) is 8.51. The van der Waals surface area contributed by atoms with Crippen LogP contribution in [0.25, 0.3) is 6.08 Å². The van der Waals surface area contributed by atoms with Crippen LogP contribution in [0.1, 0.15) is 75.5 Å². The fourth-order valence-electron chi connectivity index (χ4n) is 5.05. The lowest BCUT2D eigenvalue weighted by atomic mass is 9.95. The maximum absolute atomic E-state index is 13.4. The Kier molecular flexibility index (Phi) is 11.3. The summed E-state index contributed by atoms with van der Waals surface area (Å²) in [5, 5.41) is 18.7. The van der Waals surface area contributed by atoms with Crippen molar-refractivity contribution in [1.82, 2.24) is 9.47 Å². The molecule has 0 atom stereocenters. The summed E-state index contributed by atoms with van der Waals surface area (Å²) in [5.41, 5.74) is 0.802. The molecule has 0 bridgehead atoms. The van der Waals surface area contributed by atoms with Crippen molar-refractivity contribution >= 4 is 58.0 Å². The first kappa shape index (κ1) is 31.4. The molecule has 0 spiro atoms. The van der Waals surface area contributed by atoms with Crippen LogP contribution in [0.4, 0.5) is 5.82 Å². The quantitative estimate of drug-likeness (QED) is 0.165. The number of hydrogen-bond donors (Lipinski definition) is 1. The molecule has 12 heteroatoms. The molecule has 1 aromatic rings. The summed E-state index contributed by atoms with van der Waals surface area (Å²) in [7, 11) is 0. The van der Waals surface area contributed by atoms with Gasteiger partial charge in [-0.25, -0.2) is 0 Å². The average Bonchev–Trinajstić information content (AvgIpc) is 3.19. The molecule has 2 fully saturated rings. The molecule has 1 amide bonds. The highest BCUT2D eigenvalue weighted by atomic mass is 32.2. The van der Waals surface area contributed by atoms with E-state index in [4.69, 9.17) is 22.1 Å². The van der Waals surface area contributed by atoms with Crippen LogP contribution in [0.2, 0.25) is 0 Å². The minimum absolute atomic E-state index is 0.0405. The number of carbonyl (C=O) groups excluding carboxylic acids is 2. The molecule has 1 N–H and O–H groups in total. The zero-order chi connectivity index (χ0) is 29.4. The Morgan fingerprint density at radius 1 is 1.18 bits per heavy atom. The molecule has 0 radical (unpaired) electrons. The van der Waals surface area contributed by atoms with Crippen molar-refractivity contribution in [3.8, 4) is 6.07 Å². The van der Waals surface area contributed by atoms with E-state index in [9.17, 15) is 24.4 Å². The van der Waals surface area contributed by atoms with E-state index in [1.807, 2.05) is 6.92 Å². The first-order valence-corrected chi connectivity index (χ1v) is 14.9. The van der Waals surface area contributed by atoms with Gasteiger partial charge in [0.1, 0.15) is 21.8 Å². The van der Waals surface area contributed by atoms with E-state index in [0.717, 1.165) is 0 Å². The van der Waals surface area contributed by atoms with Crippen LogP contribution in [0.15, 0.2) is 9.70 Å². The van der Waals surface area contributed by atoms with Crippen molar-refractivity contribution in [3.63, 3.8) is 0 Å². The lowest BCUT2D eigenvalue weighted by Crippen LogP contribution is -2.41. The van der Waals surface area contributed by atoms with Gasteiger partial charge in [-0.3, -0.25) is 28.6 Å². The largest absolute Gasteiger partial charge is 0.481 e. The summed E-state index contributed by atoms with van der Waals surface area (Å²) in [6.45, 7) is 7.63. The van der Waals surface area contributed by atoms with Crippen LogP contribution >= 0.6 is 24.0 Å². The van der Waals surface area contributed by atoms with Crippen LogP contribution in [-0.2, 0) is 25.7 Å². The zero-order valence-electron chi connectivity index (χ0n) is 23.2. The number of ether oxygens (including phenoxy) is 1. The second-order valence-electron chi connectivity index (χ2n) is 9.86. The van der Waals surface area contributed by atoms with Crippen LogP contribution in [0.3, 0.4) is 0 Å². The predicted molar refractivity (Wildman–Crippen MR) is 158 cm³/mol. The molecule has 0 saturated carbocycles. The summed E-state index contributed by atoms with van der Waals surface area (Å²) in [4.78, 5) is 53.8. The van der Waals surface area contributed by atoms with Crippen molar-refractivity contribution < 1.29 is 24.2 Å². The minimum Gasteiger partial charge on any atom is -0.481 e. The van der Waals surface area contributed by atoms with Crippen molar-refractivity contribution in [1.29, 1.82) is 5.26 Å². The molecule has 3 rings (SSSR count). The van der Waals surface area contributed by atoms with Crippen LogP contribution in [0.5, 0.6) is 0 Å². The summed E-state index contributed by atoms with van der Waals surface area (Å²) >= 11 is 6.67. The monoisotopic (exact) mass is 588 g/mol. The number of aliphatic carboxylic acids is 1. The Bertz CT molecular complexity index is 1290. The van der Waals surface area contributed by atoms with Gasteiger partial charge in [0, 0.05) is 38.2 Å². The molecule has 40 heavy (non-hydrogen) atoms. The number of thioether (sulfide) groups is 1. The van der Waals surface area contributed by atoms with Gasteiger partial charge in [0.05, 0.1) is 17.4 Å². The van der Waals surface area contributed by atoms with E-state index < -0.39 is 5.97 Å². The molecule has 2 aliphatic rings. The molecule has 2 saturated heterocycles. The number of nitrogens with zero attached hydrogens (tertiary/aromatic N) is 4. The van der Waals surface area contributed by atoms with Crippen LogP contribution in [-0.4, -0.2) is 63.0 Å². The van der Waals surface area contributed by atoms with Crippen molar-refractivity contribution in [2.75, 3.05) is 31.1 Å². The number of carbonyl (C=O) groups is 3. The number of carboxylic acids is 1. The van der Waals surface area contributed by atoms with Crippen molar-refractivity contribution in [2.45, 2.75) is 72.3 Å². The zero-order valence-corrected chi connectivity index (χ0v) is 24.9. The third kappa shape index (κ3) is 7.12. The molecule has 2 aliphatic heterocycles. The van der Waals surface area contributed by atoms with E-state index in [1.54, 1.807) is 24.5 Å². The fraction of sp³-hybridized carbons (Fsp3) is 0.571. The Morgan fingerprint density at radius 3 is 2.48 bits per heavy atom. The van der Waals surface area contributed by atoms with E-state index in [0.29, 0.717) is 97.5 Å². The highest BCUT2D eigenvalue weighted by molar-refractivity contribution is 8.26. The van der Waals surface area contributed by atoms with Gasteiger partial charge in [0.25, 0.3) is 11.5 Å². The number of pyridine rings is 1. The van der Waals surface area contributed by atoms with Crippen molar-refractivity contribution in [3.05, 3.63) is 31.9 Å². The molecular weight excluding hydrogens is 552 g/mol. The predicted octanol–water partition coefficient (Wildman–Crippen LogP) is 4.06. The summed E-state index contributed by atoms with van der Waals surface area (Å²) in [5.74, 6) is -0.866. The second kappa shape index (κ2) is 14.5. The van der Waals surface area contributed by atoms with Crippen LogP contribution in [0, 0.1) is 24.2 Å². The maximum Gasteiger partial charge on any atom is 0.309 e. The number of piperidine rings is 1.